The highest BCUT2D eigenvalue weighted by atomic mass is 16.5. The fourth-order valence-electron chi connectivity index (χ4n) is 4.31. The number of hydrogen-bond donors (Lipinski definition) is 2. The lowest BCUT2D eigenvalue weighted by Gasteiger charge is -2.34. The van der Waals surface area contributed by atoms with Crippen LogP contribution in [0.2, 0.25) is 0 Å². The lowest BCUT2D eigenvalue weighted by molar-refractivity contribution is 0.00641. The van der Waals surface area contributed by atoms with Crippen molar-refractivity contribution in [3.63, 3.8) is 0 Å². The molecule has 1 aliphatic heterocycles. The van der Waals surface area contributed by atoms with Gasteiger partial charge in [-0.15, -0.1) is 0 Å². The molecule has 4 aromatic rings. The van der Waals surface area contributed by atoms with Gasteiger partial charge in [-0.2, -0.15) is 4.98 Å². The Morgan fingerprint density at radius 1 is 0.950 bits per heavy atom. The number of para-hydroxylation sites is 1. The smallest absolute Gasteiger partial charge is 0.292 e. The van der Waals surface area contributed by atoms with E-state index >= 15 is 0 Å². The summed E-state index contributed by atoms with van der Waals surface area (Å²) >= 11 is 0. The normalized spacial score (nSPS) is 14.4. The van der Waals surface area contributed by atoms with E-state index in [4.69, 9.17) is 18.4 Å². The molecule has 208 valence electrons. The molecule has 0 bridgehead atoms. The Bertz CT molecular complexity index is 1350. The van der Waals surface area contributed by atoms with Crippen molar-refractivity contribution < 1.29 is 28.0 Å². The van der Waals surface area contributed by atoms with Gasteiger partial charge in [0.2, 0.25) is 5.89 Å². The van der Waals surface area contributed by atoms with Crippen LogP contribution in [-0.4, -0.2) is 78.9 Å². The van der Waals surface area contributed by atoms with Crippen LogP contribution in [0, 0.1) is 0 Å². The summed E-state index contributed by atoms with van der Waals surface area (Å²) in [5.74, 6) is 0.324. The number of aromatic nitrogens is 2. The number of carbonyl (C=O) groups is 2. The first-order valence-electron chi connectivity index (χ1n) is 13.2. The molecule has 1 aliphatic rings. The van der Waals surface area contributed by atoms with Crippen molar-refractivity contribution in [1.82, 2.24) is 25.7 Å². The van der Waals surface area contributed by atoms with Gasteiger partial charge >= 0.3 is 0 Å². The second-order valence-corrected chi connectivity index (χ2v) is 9.24. The minimum absolute atomic E-state index is 0.0524. The SMILES string of the molecule is O=C(NCCc1nc(C(=O)NCC(COc2ccccc2)N2CCOCC2)no1)c1ccc(-c2ccoc2)cc1. The molecule has 2 amide bonds. The zero-order valence-corrected chi connectivity index (χ0v) is 22.0. The third-order valence-electron chi connectivity index (χ3n) is 6.54. The van der Waals surface area contributed by atoms with Gasteiger partial charge in [-0.25, -0.2) is 0 Å². The van der Waals surface area contributed by atoms with E-state index in [1.54, 1.807) is 24.7 Å². The Kier molecular flexibility index (Phi) is 9.17. The van der Waals surface area contributed by atoms with Crippen LogP contribution in [0.3, 0.4) is 0 Å². The molecule has 0 saturated carbocycles. The molecule has 0 spiro atoms. The van der Waals surface area contributed by atoms with E-state index in [2.05, 4.69) is 25.7 Å². The van der Waals surface area contributed by atoms with Crippen molar-refractivity contribution in [2.24, 2.45) is 0 Å². The molecule has 40 heavy (non-hydrogen) atoms. The van der Waals surface area contributed by atoms with Crippen molar-refractivity contribution in [2.75, 3.05) is 46.0 Å². The fourth-order valence-corrected chi connectivity index (χ4v) is 4.31. The van der Waals surface area contributed by atoms with E-state index in [1.165, 1.54) is 0 Å². The van der Waals surface area contributed by atoms with E-state index in [9.17, 15) is 9.59 Å². The monoisotopic (exact) mass is 545 g/mol. The minimum atomic E-state index is -0.435. The van der Waals surface area contributed by atoms with Gasteiger partial charge in [-0.3, -0.25) is 14.5 Å². The third kappa shape index (κ3) is 7.33. The first-order chi connectivity index (χ1) is 19.7. The second-order valence-electron chi connectivity index (χ2n) is 9.24. The summed E-state index contributed by atoms with van der Waals surface area (Å²) in [7, 11) is 0. The number of morpholine rings is 1. The number of carbonyl (C=O) groups excluding carboxylic acids is 2. The van der Waals surface area contributed by atoms with Crippen LogP contribution in [0.15, 0.2) is 82.1 Å². The summed E-state index contributed by atoms with van der Waals surface area (Å²) in [6.45, 7) is 3.82. The molecule has 1 saturated heterocycles. The summed E-state index contributed by atoms with van der Waals surface area (Å²) in [5, 5.41) is 9.53. The maximum absolute atomic E-state index is 12.7. The zero-order valence-electron chi connectivity index (χ0n) is 22.0. The van der Waals surface area contributed by atoms with Crippen LogP contribution >= 0.6 is 0 Å². The van der Waals surface area contributed by atoms with Crippen molar-refractivity contribution in [2.45, 2.75) is 12.5 Å². The minimum Gasteiger partial charge on any atom is -0.492 e. The van der Waals surface area contributed by atoms with E-state index in [-0.39, 0.29) is 30.2 Å². The van der Waals surface area contributed by atoms with Crippen LogP contribution in [0.5, 0.6) is 5.75 Å². The Hall–Kier alpha value is -4.48. The second kappa shape index (κ2) is 13.5. The van der Waals surface area contributed by atoms with Gasteiger partial charge in [0.15, 0.2) is 0 Å². The van der Waals surface area contributed by atoms with Crippen molar-refractivity contribution in [1.29, 1.82) is 0 Å². The van der Waals surface area contributed by atoms with Gasteiger partial charge in [0.25, 0.3) is 17.6 Å². The van der Waals surface area contributed by atoms with Gasteiger partial charge in [0, 0.05) is 43.7 Å². The van der Waals surface area contributed by atoms with Gasteiger partial charge < -0.3 is 29.0 Å². The number of ether oxygens (including phenoxy) is 2. The highest BCUT2D eigenvalue weighted by molar-refractivity contribution is 5.94. The summed E-state index contributed by atoms with van der Waals surface area (Å²) < 4.78 is 21.8. The predicted molar refractivity (Wildman–Crippen MR) is 145 cm³/mol. The van der Waals surface area contributed by atoms with E-state index in [0.29, 0.717) is 38.3 Å². The molecule has 1 atom stereocenters. The Morgan fingerprint density at radius 2 is 1.75 bits per heavy atom. The lowest BCUT2D eigenvalue weighted by atomic mass is 10.1. The van der Waals surface area contributed by atoms with Crippen LogP contribution in [0.25, 0.3) is 11.1 Å². The van der Waals surface area contributed by atoms with Gasteiger partial charge in [-0.05, 0) is 35.9 Å². The Labute approximate surface area is 231 Å². The largest absolute Gasteiger partial charge is 0.492 e. The zero-order chi connectivity index (χ0) is 27.6. The van der Waals surface area contributed by atoms with Crippen molar-refractivity contribution in [3.05, 3.63) is 90.5 Å². The maximum Gasteiger partial charge on any atom is 0.292 e. The summed E-state index contributed by atoms with van der Waals surface area (Å²) in [4.78, 5) is 31.7. The topological polar surface area (TPSA) is 132 Å². The maximum atomic E-state index is 12.7. The molecule has 11 nitrogen and oxygen atoms in total. The van der Waals surface area contributed by atoms with Gasteiger partial charge in [-0.1, -0.05) is 35.5 Å². The molecule has 1 fully saturated rings. The third-order valence-corrected chi connectivity index (χ3v) is 6.54. The van der Waals surface area contributed by atoms with Crippen molar-refractivity contribution >= 4 is 11.8 Å². The summed E-state index contributed by atoms with van der Waals surface area (Å²) in [5.41, 5.74) is 2.44. The number of nitrogens with one attached hydrogen (secondary N) is 2. The molecule has 0 radical (unpaired) electrons. The predicted octanol–water partition coefficient (Wildman–Crippen LogP) is 2.81. The first-order valence-corrected chi connectivity index (χ1v) is 13.2. The molecule has 2 aromatic heterocycles. The number of nitrogens with zero attached hydrogens (tertiary/aromatic N) is 3. The van der Waals surface area contributed by atoms with E-state index in [1.807, 2.05) is 48.5 Å². The molecule has 11 heteroatoms. The highest BCUT2D eigenvalue weighted by Crippen LogP contribution is 2.20. The molecule has 2 aromatic carbocycles. The molecule has 1 unspecified atom stereocenters. The number of hydrogen-bond acceptors (Lipinski definition) is 9. The average Bonchev–Trinajstić information content (AvgIpc) is 3.71. The number of amides is 2. The molecule has 2 N–H and O–H groups in total. The Morgan fingerprint density at radius 3 is 2.50 bits per heavy atom. The van der Waals surface area contributed by atoms with E-state index < -0.39 is 5.91 Å². The lowest BCUT2D eigenvalue weighted by Crippen LogP contribution is -2.51. The van der Waals surface area contributed by atoms with E-state index in [0.717, 1.165) is 30.0 Å². The molecular weight excluding hydrogens is 514 g/mol. The van der Waals surface area contributed by atoms with Crippen LogP contribution in [0.1, 0.15) is 26.9 Å². The highest BCUT2D eigenvalue weighted by Gasteiger charge is 2.24. The number of rotatable bonds is 12. The fraction of sp³-hybridized carbons (Fsp3) is 0.310. The molecule has 3 heterocycles. The van der Waals surface area contributed by atoms with Crippen molar-refractivity contribution in [3.8, 4) is 16.9 Å². The Balaban J connectivity index is 1.08. The van der Waals surface area contributed by atoms with Gasteiger partial charge in [0.1, 0.15) is 12.4 Å². The van der Waals surface area contributed by atoms with Crippen LogP contribution in [0.4, 0.5) is 0 Å². The molecule has 5 rings (SSSR count). The number of benzene rings is 2. The molecule has 0 aliphatic carbocycles. The molecular formula is C29H31N5O6. The number of furan rings is 1. The van der Waals surface area contributed by atoms with Crippen LogP contribution in [-0.2, 0) is 11.2 Å². The summed E-state index contributed by atoms with van der Waals surface area (Å²) in [6.07, 6.45) is 3.55. The standard InChI is InChI=1S/C29H31N5O6/c35-28(22-8-6-21(7-9-22)23-11-15-38-19-23)30-12-10-26-32-27(33-40-26)29(36)31-18-24(34-13-16-37-17-14-34)20-39-25-4-2-1-3-5-25/h1-9,11,15,19,24H,10,12-14,16-18,20H2,(H,30,35)(H,31,36). The van der Waals surface area contributed by atoms with Gasteiger partial charge in [0.05, 0.1) is 31.8 Å². The summed E-state index contributed by atoms with van der Waals surface area (Å²) in [6, 6.07) is 18.6. The van der Waals surface area contributed by atoms with Crippen LogP contribution < -0.4 is 15.4 Å². The first kappa shape index (κ1) is 27.1. The average molecular weight is 546 g/mol. The quantitative estimate of drug-likeness (QED) is 0.276.